The van der Waals surface area contributed by atoms with Crippen LogP contribution in [0.4, 0.5) is 11.4 Å². The molecule has 4 aromatic rings. The molecule has 0 radical (unpaired) electrons. The highest BCUT2D eigenvalue weighted by atomic mass is 32.2. The molecule has 224 valence electrons. The molecule has 3 atom stereocenters. The van der Waals surface area contributed by atoms with E-state index in [9.17, 15) is 24.0 Å². The predicted octanol–water partition coefficient (Wildman–Crippen LogP) is 4.73. The van der Waals surface area contributed by atoms with Crippen molar-refractivity contribution in [2.45, 2.75) is 30.0 Å². The summed E-state index contributed by atoms with van der Waals surface area (Å²) in [6, 6.07) is 20.6. The van der Waals surface area contributed by atoms with E-state index in [4.69, 9.17) is 9.47 Å². The average molecular weight is 630 g/mol. The number of aromatic amines is 1. The zero-order chi connectivity index (χ0) is 31.0. The number of hydrogen-bond acceptors (Lipinski definition) is 9. The van der Waals surface area contributed by atoms with Gasteiger partial charge in [0, 0.05) is 16.5 Å². The number of hydrogen-bond donors (Lipinski definition) is 2. The van der Waals surface area contributed by atoms with Crippen molar-refractivity contribution in [2.24, 2.45) is 5.92 Å². The average Bonchev–Trinajstić information content (AvgIpc) is 3.51. The summed E-state index contributed by atoms with van der Waals surface area (Å²) in [6.07, 6.45) is 0. The minimum atomic E-state index is -0.761. The number of anilines is 2. The van der Waals surface area contributed by atoms with E-state index in [-0.39, 0.29) is 29.9 Å². The van der Waals surface area contributed by atoms with Crippen LogP contribution >= 0.6 is 23.1 Å². The van der Waals surface area contributed by atoms with E-state index in [0.29, 0.717) is 32.6 Å². The number of nitrogens with zero attached hydrogens (tertiary/aromatic N) is 1. The Hall–Kier alpha value is -4.68. The van der Waals surface area contributed by atoms with Gasteiger partial charge in [0.15, 0.2) is 6.61 Å². The molecule has 44 heavy (non-hydrogen) atoms. The van der Waals surface area contributed by atoms with Crippen LogP contribution in [0.15, 0.2) is 82.6 Å². The third-order valence-corrected chi connectivity index (χ3v) is 9.81. The largest absolute Gasteiger partial charge is 0.484 e. The fourth-order valence-corrected chi connectivity index (χ4v) is 7.86. The van der Waals surface area contributed by atoms with E-state index < -0.39 is 29.0 Å². The number of benzene rings is 3. The van der Waals surface area contributed by atoms with Crippen molar-refractivity contribution in [1.29, 1.82) is 0 Å². The SMILES string of the molecule is CCOC(=O)c1ccc(N2C(=O)[C@H]3[C@H](c4ccc(OCC(=O)Nc5ccc(C)cc5)cc4)c4sc(=O)[nH]c4S[C@H]3C2=O)cc1. The molecule has 0 unspecified atom stereocenters. The first-order valence-electron chi connectivity index (χ1n) is 13.9. The number of thioether (sulfide) groups is 1. The van der Waals surface area contributed by atoms with Crippen LogP contribution in [0, 0.1) is 12.8 Å². The summed E-state index contributed by atoms with van der Waals surface area (Å²) in [6.45, 7) is 3.71. The van der Waals surface area contributed by atoms with Crippen molar-refractivity contribution in [3.63, 3.8) is 0 Å². The van der Waals surface area contributed by atoms with Crippen molar-refractivity contribution >= 4 is 58.2 Å². The van der Waals surface area contributed by atoms with Crippen molar-refractivity contribution in [3.8, 4) is 5.75 Å². The second-order valence-corrected chi connectivity index (χ2v) is 12.5. The van der Waals surface area contributed by atoms with Gasteiger partial charge in [-0.25, -0.2) is 9.69 Å². The number of amides is 3. The maximum absolute atomic E-state index is 13.9. The van der Waals surface area contributed by atoms with Crippen molar-refractivity contribution in [2.75, 3.05) is 23.4 Å². The molecule has 6 rings (SSSR count). The van der Waals surface area contributed by atoms with Gasteiger partial charge in [0.25, 0.3) is 5.91 Å². The van der Waals surface area contributed by atoms with Crippen LogP contribution in [0.2, 0.25) is 0 Å². The second-order valence-electron chi connectivity index (χ2n) is 10.3. The lowest BCUT2D eigenvalue weighted by Gasteiger charge is -2.29. The van der Waals surface area contributed by atoms with Crippen LogP contribution in [0.1, 0.15) is 39.2 Å². The van der Waals surface area contributed by atoms with Gasteiger partial charge in [-0.15, -0.1) is 0 Å². The van der Waals surface area contributed by atoms with Crippen LogP contribution in [-0.2, 0) is 19.1 Å². The van der Waals surface area contributed by atoms with E-state index in [1.807, 2.05) is 31.2 Å². The highest BCUT2D eigenvalue weighted by molar-refractivity contribution is 8.00. The summed E-state index contributed by atoms with van der Waals surface area (Å²) in [7, 11) is 0. The Morgan fingerprint density at radius 3 is 2.32 bits per heavy atom. The van der Waals surface area contributed by atoms with Gasteiger partial charge in [0.05, 0.1) is 28.8 Å². The molecule has 2 aliphatic rings. The lowest BCUT2D eigenvalue weighted by Crippen LogP contribution is -2.32. The number of H-pyrrole nitrogens is 1. The van der Waals surface area contributed by atoms with Gasteiger partial charge in [0.1, 0.15) is 11.0 Å². The maximum Gasteiger partial charge on any atom is 0.338 e. The van der Waals surface area contributed by atoms with Crippen LogP contribution in [-0.4, -0.2) is 47.1 Å². The van der Waals surface area contributed by atoms with Gasteiger partial charge < -0.3 is 19.8 Å². The summed E-state index contributed by atoms with van der Waals surface area (Å²) in [5.41, 5.74) is 3.15. The van der Waals surface area contributed by atoms with Crippen LogP contribution in [0.25, 0.3) is 0 Å². The Morgan fingerprint density at radius 2 is 1.64 bits per heavy atom. The number of imide groups is 1. The second kappa shape index (κ2) is 12.1. The normalized spacial score (nSPS) is 18.9. The Balaban J connectivity index is 1.22. The molecule has 2 N–H and O–H groups in total. The highest BCUT2D eigenvalue weighted by Crippen LogP contribution is 2.53. The number of fused-ring (bicyclic) bond motifs is 2. The zero-order valence-electron chi connectivity index (χ0n) is 23.7. The predicted molar refractivity (Wildman–Crippen MR) is 167 cm³/mol. The molecule has 0 aliphatic carbocycles. The molecular weight excluding hydrogens is 603 g/mol. The number of thiazole rings is 1. The van der Waals surface area contributed by atoms with E-state index in [0.717, 1.165) is 27.4 Å². The molecule has 1 fully saturated rings. The quantitative estimate of drug-likeness (QED) is 0.211. The minimum absolute atomic E-state index is 0.196. The van der Waals surface area contributed by atoms with E-state index >= 15 is 0 Å². The fraction of sp³-hybridized carbons (Fsp3) is 0.219. The smallest absolute Gasteiger partial charge is 0.338 e. The van der Waals surface area contributed by atoms with E-state index in [2.05, 4.69) is 10.3 Å². The maximum atomic E-state index is 13.9. The molecule has 0 bridgehead atoms. The third kappa shape index (κ3) is 5.65. The van der Waals surface area contributed by atoms with E-state index in [1.54, 1.807) is 43.3 Å². The Bertz CT molecular complexity index is 1800. The molecular formula is C32H27N3O7S2. The first kappa shape index (κ1) is 29.4. The third-order valence-electron chi connectivity index (χ3n) is 7.41. The molecule has 3 amide bonds. The molecule has 1 saturated heterocycles. The monoisotopic (exact) mass is 629 g/mol. The summed E-state index contributed by atoms with van der Waals surface area (Å²) >= 11 is 2.21. The first-order valence-corrected chi connectivity index (χ1v) is 15.6. The number of esters is 1. The summed E-state index contributed by atoms with van der Waals surface area (Å²) < 4.78 is 10.7. The Morgan fingerprint density at radius 1 is 0.932 bits per heavy atom. The summed E-state index contributed by atoms with van der Waals surface area (Å²) in [5, 5.41) is 2.60. The standard InChI is InChI=1S/C32H27N3O7S2/c1-3-41-31(39)19-6-12-21(13-7-19)35-29(37)25-24(26-28(34-32(40)44-26)43-27(25)30(35)38)18-8-14-22(15-9-18)42-16-23(36)33-20-10-4-17(2)5-11-20/h4-15,24-25,27H,3,16H2,1-2H3,(H,33,36)(H,34,40)/t24-,25-,27+/m0/s1. The number of ether oxygens (including phenoxy) is 2. The number of rotatable bonds is 8. The molecule has 3 heterocycles. The van der Waals surface area contributed by atoms with Crippen molar-refractivity contribution < 1.29 is 28.7 Å². The molecule has 0 spiro atoms. The molecule has 12 heteroatoms. The number of carbonyl (C=O) groups is 4. The molecule has 10 nitrogen and oxygen atoms in total. The Labute approximate surface area is 260 Å². The molecule has 1 aromatic heterocycles. The molecule has 3 aromatic carbocycles. The van der Waals surface area contributed by atoms with Crippen molar-refractivity contribution in [1.82, 2.24) is 4.98 Å². The van der Waals surface area contributed by atoms with Crippen LogP contribution in [0.3, 0.4) is 0 Å². The lowest BCUT2D eigenvalue weighted by atomic mass is 9.83. The van der Waals surface area contributed by atoms with E-state index in [1.165, 1.54) is 23.9 Å². The summed E-state index contributed by atoms with van der Waals surface area (Å²) in [5.74, 6) is -2.44. The summed E-state index contributed by atoms with van der Waals surface area (Å²) in [4.78, 5) is 68.8. The fourth-order valence-electron chi connectivity index (χ4n) is 5.35. The highest BCUT2D eigenvalue weighted by Gasteiger charge is 2.56. The topological polar surface area (TPSA) is 135 Å². The van der Waals surface area contributed by atoms with Gasteiger partial charge in [-0.2, -0.15) is 0 Å². The van der Waals surface area contributed by atoms with Gasteiger partial charge in [0.2, 0.25) is 11.8 Å². The number of aryl methyl sites for hydroxylation is 1. The molecule has 2 aliphatic heterocycles. The van der Waals surface area contributed by atoms with Crippen LogP contribution in [0.5, 0.6) is 5.75 Å². The van der Waals surface area contributed by atoms with Gasteiger partial charge >= 0.3 is 10.8 Å². The zero-order valence-corrected chi connectivity index (χ0v) is 25.3. The molecule has 0 saturated carbocycles. The number of aromatic nitrogens is 1. The van der Waals surface area contributed by atoms with Crippen molar-refractivity contribution in [3.05, 3.63) is 104 Å². The lowest BCUT2D eigenvalue weighted by molar-refractivity contribution is -0.122. The number of nitrogens with one attached hydrogen (secondary N) is 2. The first-order chi connectivity index (χ1) is 21.2. The van der Waals surface area contributed by atoms with Gasteiger partial charge in [-0.3, -0.25) is 19.2 Å². The van der Waals surface area contributed by atoms with Gasteiger partial charge in [-0.1, -0.05) is 52.9 Å². The van der Waals surface area contributed by atoms with Crippen LogP contribution < -0.4 is 19.8 Å². The minimum Gasteiger partial charge on any atom is -0.484 e. The Kier molecular flexibility index (Phi) is 8.11. The number of carbonyl (C=O) groups excluding carboxylic acids is 4. The van der Waals surface area contributed by atoms with Gasteiger partial charge in [-0.05, 0) is 67.9 Å².